The van der Waals surface area contributed by atoms with Crippen molar-refractivity contribution >= 4 is 28.4 Å². The molecule has 2 rings (SSSR count). The second-order valence-corrected chi connectivity index (χ2v) is 4.66. The maximum Gasteiger partial charge on any atom is 0.161 e. The van der Waals surface area contributed by atoms with E-state index in [1.54, 1.807) is 20.4 Å². The number of benzene rings is 1. The average Bonchev–Trinajstić information content (AvgIpc) is 2.41. The number of nitrogens with two attached hydrogens (primary N) is 1. The molecule has 0 amide bonds. The summed E-state index contributed by atoms with van der Waals surface area (Å²) in [4.78, 5) is 8.48. The molecule has 0 aliphatic heterocycles. The summed E-state index contributed by atoms with van der Waals surface area (Å²) in [5, 5.41) is 0. The van der Waals surface area contributed by atoms with Crippen LogP contribution < -0.4 is 15.2 Å². The Morgan fingerprint density at radius 2 is 1.89 bits per heavy atom. The molecule has 6 heteroatoms. The first-order valence-corrected chi connectivity index (χ1v) is 6.24. The van der Waals surface area contributed by atoms with Crippen molar-refractivity contribution < 1.29 is 9.47 Å². The molecule has 1 aromatic heterocycles. The average molecular weight is 357 g/mol. The second kappa shape index (κ2) is 5.38. The molecular weight excluding hydrogens is 345 g/mol. The molecule has 18 heavy (non-hydrogen) atoms. The van der Waals surface area contributed by atoms with E-state index in [-0.39, 0.29) is 0 Å². The van der Waals surface area contributed by atoms with Gasteiger partial charge < -0.3 is 15.2 Å². The largest absolute Gasteiger partial charge is 0.493 e. The molecule has 94 valence electrons. The normalized spacial score (nSPS) is 10.2. The van der Waals surface area contributed by atoms with Crippen LogP contribution in [0.1, 0.15) is 0 Å². The van der Waals surface area contributed by atoms with E-state index >= 15 is 0 Å². The maximum atomic E-state index is 5.77. The predicted molar refractivity (Wildman–Crippen MR) is 77.7 cm³/mol. The number of nitrogen functional groups attached to an aromatic ring is 1. The molecule has 0 radical (unpaired) electrons. The summed E-state index contributed by atoms with van der Waals surface area (Å²) >= 11 is 2.09. The fourth-order valence-corrected chi connectivity index (χ4v) is 1.75. The monoisotopic (exact) mass is 357 g/mol. The van der Waals surface area contributed by atoms with Crippen molar-refractivity contribution in [1.82, 2.24) is 9.97 Å². The van der Waals surface area contributed by atoms with Gasteiger partial charge >= 0.3 is 0 Å². The highest BCUT2D eigenvalue weighted by Gasteiger charge is 2.09. The van der Waals surface area contributed by atoms with Crippen molar-refractivity contribution in [3.8, 4) is 22.9 Å². The third kappa shape index (κ3) is 2.47. The van der Waals surface area contributed by atoms with Crippen molar-refractivity contribution in [3.05, 3.63) is 28.0 Å². The second-order valence-electron chi connectivity index (χ2n) is 3.50. The van der Waals surface area contributed by atoms with E-state index < -0.39 is 0 Å². The van der Waals surface area contributed by atoms with Crippen molar-refractivity contribution in [1.29, 1.82) is 0 Å². The molecule has 0 atom stereocenters. The highest BCUT2D eigenvalue weighted by molar-refractivity contribution is 14.1. The lowest BCUT2D eigenvalue weighted by molar-refractivity contribution is 0.355. The summed E-state index contributed by atoms with van der Waals surface area (Å²) in [6, 6.07) is 5.50. The lowest BCUT2D eigenvalue weighted by Crippen LogP contribution is -1.99. The number of rotatable bonds is 3. The summed E-state index contributed by atoms with van der Waals surface area (Å²) in [6.45, 7) is 0. The maximum absolute atomic E-state index is 5.77. The van der Waals surface area contributed by atoms with E-state index in [1.165, 1.54) is 0 Å². The number of hydrogen-bond acceptors (Lipinski definition) is 5. The molecule has 2 aromatic rings. The van der Waals surface area contributed by atoms with E-state index in [0.29, 0.717) is 23.1 Å². The van der Waals surface area contributed by atoms with Gasteiger partial charge in [0.15, 0.2) is 17.3 Å². The minimum absolute atomic E-state index is 0.468. The van der Waals surface area contributed by atoms with Crippen LogP contribution in [0.4, 0.5) is 5.82 Å². The first kappa shape index (κ1) is 12.9. The molecule has 0 fully saturated rings. The lowest BCUT2D eigenvalue weighted by Gasteiger charge is -2.09. The molecular formula is C12H12IN3O2. The van der Waals surface area contributed by atoms with E-state index in [9.17, 15) is 0 Å². The summed E-state index contributed by atoms with van der Waals surface area (Å²) in [6.07, 6.45) is 1.69. The van der Waals surface area contributed by atoms with Crippen LogP contribution in [0.25, 0.3) is 11.4 Å². The van der Waals surface area contributed by atoms with Crippen molar-refractivity contribution in [2.45, 2.75) is 0 Å². The SMILES string of the molecule is COc1ccc(-c2ncc(I)c(N)n2)cc1OC. The zero-order valence-electron chi connectivity index (χ0n) is 9.98. The van der Waals surface area contributed by atoms with Gasteiger partial charge in [-0.3, -0.25) is 0 Å². The number of halogens is 1. The van der Waals surface area contributed by atoms with Crippen LogP contribution in [0.15, 0.2) is 24.4 Å². The van der Waals surface area contributed by atoms with Gasteiger partial charge in [-0.2, -0.15) is 0 Å². The van der Waals surface area contributed by atoms with Gasteiger partial charge in [0.2, 0.25) is 0 Å². The van der Waals surface area contributed by atoms with E-state index in [2.05, 4.69) is 32.6 Å². The zero-order chi connectivity index (χ0) is 13.1. The number of hydrogen-bond donors (Lipinski definition) is 1. The van der Waals surface area contributed by atoms with Crippen LogP contribution in [0, 0.1) is 3.57 Å². The fourth-order valence-electron chi connectivity index (χ4n) is 1.49. The Bertz CT molecular complexity index is 575. The third-order valence-corrected chi connectivity index (χ3v) is 3.24. The highest BCUT2D eigenvalue weighted by Crippen LogP contribution is 2.31. The number of aromatic nitrogens is 2. The third-order valence-electron chi connectivity index (χ3n) is 2.41. The Balaban J connectivity index is 2.47. The molecule has 1 aromatic carbocycles. The Labute approximate surface area is 118 Å². The van der Waals surface area contributed by atoms with Crippen molar-refractivity contribution in [3.63, 3.8) is 0 Å². The van der Waals surface area contributed by atoms with Gasteiger partial charge in [-0.25, -0.2) is 9.97 Å². The number of anilines is 1. The molecule has 0 aliphatic rings. The minimum atomic E-state index is 0.468. The van der Waals surface area contributed by atoms with Crippen LogP contribution in [-0.4, -0.2) is 24.2 Å². The van der Waals surface area contributed by atoms with E-state index in [1.807, 2.05) is 18.2 Å². The Morgan fingerprint density at radius 3 is 2.50 bits per heavy atom. The van der Waals surface area contributed by atoms with Gasteiger partial charge in [-0.05, 0) is 40.8 Å². The van der Waals surface area contributed by atoms with Gasteiger partial charge in [-0.1, -0.05) is 0 Å². The van der Waals surface area contributed by atoms with Crippen LogP contribution in [0.3, 0.4) is 0 Å². The van der Waals surface area contributed by atoms with E-state index in [4.69, 9.17) is 15.2 Å². The molecule has 0 aliphatic carbocycles. The first-order chi connectivity index (χ1) is 8.65. The number of methoxy groups -OCH3 is 2. The molecule has 0 saturated carbocycles. The standard InChI is InChI=1S/C12H12IN3O2/c1-17-9-4-3-7(5-10(9)18-2)12-15-6-8(13)11(14)16-12/h3-6H,1-2H3,(H2,14,15,16). The number of ether oxygens (including phenoxy) is 2. The number of nitrogens with zero attached hydrogens (tertiary/aromatic N) is 2. The van der Waals surface area contributed by atoms with Gasteiger partial charge in [-0.15, -0.1) is 0 Å². The molecule has 0 bridgehead atoms. The molecule has 0 saturated heterocycles. The van der Waals surface area contributed by atoms with Gasteiger partial charge in [0, 0.05) is 11.8 Å². The smallest absolute Gasteiger partial charge is 0.161 e. The molecule has 2 N–H and O–H groups in total. The van der Waals surface area contributed by atoms with Crippen LogP contribution in [0.2, 0.25) is 0 Å². The van der Waals surface area contributed by atoms with Gasteiger partial charge in [0.25, 0.3) is 0 Å². The summed E-state index contributed by atoms with van der Waals surface area (Å²) in [5.41, 5.74) is 6.60. The molecule has 5 nitrogen and oxygen atoms in total. The van der Waals surface area contributed by atoms with Gasteiger partial charge in [0.05, 0.1) is 17.8 Å². The Morgan fingerprint density at radius 1 is 1.17 bits per heavy atom. The quantitative estimate of drug-likeness (QED) is 0.854. The lowest BCUT2D eigenvalue weighted by atomic mass is 10.2. The summed E-state index contributed by atoms with van der Waals surface area (Å²) in [5.74, 6) is 2.33. The Kier molecular flexibility index (Phi) is 3.85. The Hall–Kier alpha value is -1.57. The van der Waals surface area contributed by atoms with E-state index in [0.717, 1.165) is 9.13 Å². The van der Waals surface area contributed by atoms with Crippen molar-refractivity contribution in [2.75, 3.05) is 20.0 Å². The van der Waals surface area contributed by atoms with Crippen LogP contribution in [-0.2, 0) is 0 Å². The highest BCUT2D eigenvalue weighted by atomic mass is 127. The minimum Gasteiger partial charge on any atom is -0.493 e. The van der Waals surface area contributed by atoms with Crippen molar-refractivity contribution in [2.24, 2.45) is 0 Å². The summed E-state index contributed by atoms with van der Waals surface area (Å²) in [7, 11) is 3.18. The van der Waals surface area contributed by atoms with Crippen LogP contribution >= 0.6 is 22.6 Å². The van der Waals surface area contributed by atoms with Gasteiger partial charge in [0.1, 0.15) is 5.82 Å². The first-order valence-electron chi connectivity index (χ1n) is 5.16. The predicted octanol–water partition coefficient (Wildman–Crippen LogP) is 2.35. The topological polar surface area (TPSA) is 70.3 Å². The molecule has 1 heterocycles. The van der Waals surface area contributed by atoms with Crippen LogP contribution in [0.5, 0.6) is 11.5 Å². The zero-order valence-corrected chi connectivity index (χ0v) is 12.1. The molecule has 0 spiro atoms. The summed E-state index contributed by atoms with van der Waals surface area (Å²) < 4.78 is 11.2. The molecule has 0 unspecified atom stereocenters. The fraction of sp³-hybridized carbons (Fsp3) is 0.167.